The second-order valence-corrected chi connectivity index (χ2v) is 9.97. The molecule has 0 radical (unpaired) electrons. The third-order valence-electron chi connectivity index (χ3n) is 7.26. The van der Waals surface area contributed by atoms with E-state index in [9.17, 15) is 4.79 Å². The van der Waals surface area contributed by atoms with E-state index in [2.05, 4.69) is 55.7 Å². The minimum absolute atomic E-state index is 0.0105. The predicted molar refractivity (Wildman–Crippen MR) is 145 cm³/mol. The number of carbonyl (C=O) groups excluding carboxylic acids is 1. The fraction of sp³-hybridized carbons (Fsp3) is 0.393. The summed E-state index contributed by atoms with van der Waals surface area (Å²) in [6, 6.07) is 14.9. The van der Waals surface area contributed by atoms with E-state index >= 15 is 0 Å². The molecule has 1 saturated heterocycles. The van der Waals surface area contributed by atoms with Crippen LogP contribution in [0.25, 0.3) is 0 Å². The summed E-state index contributed by atoms with van der Waals surface area (Å²) in [5.74, 6) is 0.0105. The largest absolute Gasteiger partial charge is 0.351 e. The zero-order valence-corrected chi connectivity index (χ0v) is 21.2. The molecular weight excluding hydrogens is 454 g/mol. The van der Waals surface area contributed by atoms with Crippen LogP contribution in [-0.4, -0.2) is 20.6 Å². The molecule has 1 amide bonds. The van der Waals surface area contributed by atoms with Crippen molar-refractivity contribution in [3.8, 4) is 0 Å². The summed E-state index contributed by atoms with van der Waals surface area (Å²) in [6.07, 6.45) is 13.3. The molecule has 2 atom stereocenters. The summed E-state index contributed by atoms with van der Waals surface area (Å²) in [6.45, 7) is 3.88. The number of rotatable bonds is 6. The van der Waals surface area contributed by atoms with Gasteiger partial charge in [-0.05, 0) is 79.5 Å². The van der Waals surface area contributed by atoms with Crippen molar-refractivity contribution >= 4 is 34.6 Å². The SMILES string of the molecule is CCC(=O)Nc1ccc(N2C(=S)N[C@@H](c3ccccn3)[C@H]2c2ccn(C3CCCCC3)c2)cc1C. The number of thiocarbonyl (C=S) groups is 1. The Balaban J connectivity index is 1.52. The maximum absolute atomic E-state index is 11.9. The van der Waals surface area contributed by atoms with Crippen molar-refractivity contribution in [2.45, 2.75) is 70.5 Å². The van der Waals surface area contributed by atoms with Crippen LogP contribution in [0.15, 0.2) is 61.1 Å². The van der Waals surface area contributed by atoms with Gasteiger partial charge in [0.2, 0.25) is 5.91 Å². The molecule has 2 N–H and O–H groups in total. The quantitative estimate of drug-likeness (QED) is 0.404. The van der Waals surface area contributed by atoms with Crippen LogP contribution in [-0.2, 0) is 4.79 Å². The Labute approximate surface area is 212 Å². The summed E-state index contributed by atoms with van der Waals surface area (Å²) in [7, 11) is 0. The van der Waals surface area contributed by atoms with Crippen molar-refractivity contribution in [2.75, 3.05) is 10.2 Å². The van der Waals surface area contributed by atoms with Gasteiger partial charge in [0.15, 0.2) is 5.11 Å². The van der Waals surface area contributed by atoms with Crippen LogP contribution >= 0.6 is 12.2 Å². The van der Waals surface area contributed by atoms with Crippen LogP contribution in [0.1, 0.15) is 80.4 Å². The molecule has 3 heterocycles. The standard InChI is InChI=1S/C28H33N5OS/c1-3-25(34)30-23-13-12-22(17-19(23)2)33-27(26(31-28(33)35)24-11-7-8-15-29-24)20-14-16-32(18-20)21-9-5-4-6-10-21/h7-8,11-18,21,26-27H,3-6,9-10H2,1-2H3,(H,30,34)(H,31,35)/t26-,27+/m0/s1. The van der Waals surface area contributed by atoms with Crippen molar-refractivity contribution in [1.82, 2.24) is 14.9 Å². The molecule has 1 aliphatic heterocycles. The molecule has 2 aliphatic rings. The van der Waals surface area contributed by atoms with Crippen LogP contribution in [0.3, 0.4) is 0 Å². The van der Waals surface area contributed by atoms with E-state index < -0.39 is 0 Å². The number of nitrogens with zero attached hydrogens (tertiary/aromatic N) is 3. The van der Waals surface area contributed by atoms with Crippen LogP contribution in [0.4, 0.5) is 11.4 Å². The molecule has 182 valence electrons. The fourth-order valence-corrected chi connectivity index (χ4v) is 5.71. The van der Waals surface area contributed by atoms with E-state index in [1.165, 1.54) is 37.7 Å². The van der Waals surface area contributed by atoms with E-state index in [-0.39, 0.29) is 18.0 Å². The summed E-state index contributed by atoms with van der Waals surface area (Å²) >= 11 is 5.88. The number of benzene rings is 1. The molecular formula is C28H33N5OS. The molecule has 0 unspecified atom stereocenters. The van der Waals surface area contributed by atoms with Crippen molar-refractivity contribution in [1.29, 1.82) is 0 Å². The fourth-order valence-electron chi connectivity index (χ4n) is 5.36. The molecule has 1 aliphatic carbocycles. The lowest BCUT2D eigenvalue weighted by atomic mass is 9.95. The highest BCUT2D eigenvalue weighted by atomic mass is 32.1. The Hall–Kier alpha value is -3.19. The lowest BCUT2D eigenvalue weighted by Crippen LogP contribution is -2.29. The van der Waals surface area contributed by atoms with E-state index in [1.54, 1.807) is 0 Å². The molecule has 0 spiro atoms. The number of aryl methyl sites for hydroxylation is 1. The molecule has 5 rings (SSSR count). The highest BCUT2D eigenvalue weighted by Crippen LogP contribution is 2.43. The van der Waals surface area contributed by atoms with E-state index in [0.29, 0.717) is 17.6 Å². The number of nitrogens with one attached hydrogen (secondary N) is 2. The van der Waals surface area contributed by atoms with Crippen molar-refractivity contribution < 1.29 is 4.79 Å². The number of aromatic nitrogens is 2. The van der Waals surface area contributed by atoms with Crippen molar-refractivity contribution in [3.05, 3.63) is 77.9 Å². The highest BCUT2D eigenvalue weighted by molar-refractivity contribution is 7.80. The van der Waals surface area contributed by atoms with E-state index in [4.69, 9.17) is 12.2 Å². The zero-order valence-electron chi connectivity index (χ0n) is 20.4. The molecule has 3 aromatic rings. The normalized spacial score (nSPS) is 20.6. The van der Waals surface area contributed by atoms with Crippen molar-refractivity contribution in [3.63, 3.8) is 0 Å². The van der Waals surface area contributed by atoms with Gasteiger partial charge in [0.25, 0.3) is 0 Å². The van der Waals surface area contributed by atoms with Gasteiger partial charge < -0.3 is 20.1 Å². The van der Waals surface area contributed by atoms with E-state index in [1.807, 2.05) is 44.3 Å². The van der Waals surface area contributed by atoms with Gasteiger partial charge >= 0.3 is 0 Å². The predicted octanol–water partition coefficient (Wildman–Crippen LogP) is 6.22. The molecule has 6 nitrogen and oxygen atoms in total. The van der Waals surface area contributed by atoms with Crippen LogP contribution in [0.5, 0.6) is 0 Å². The van der Waals surface area contributed by atoms with Crippen LogP contribution in [0.2, 0.25) is 0 Å². The number of hydrogen-bond acceptors (Lipinski definition) is 3. The monoisotopic (exact) mass is 487 g/mol. The Morgan fingerprint density at radius 2 is 2.00 bits per heavy atom. The van der Waals surface area contributed by atoms with Gasteiger partial charge in [-0.1, -0.05) is 32.3 Å². The Kier molecular flexibility index (Phi) is 6.86. The Bertz CT molecular complexity index is 1200. The first kappa shape index (κ1) is 23.5. The van der Waals surface area contributed by atoms with Crippen LogP contribution in [0, 0.1) is 6.92 Å². The lowest BCUT2D eigenvalue weighted by Gasteiger charge is -2.28. The van der Waals surface area contributed by atoms with Gasteiger partial charge in [-0.2, -0.15) is 0 Å². The summed E-state index contributed by atoms with van der Waals surface area (Å²) in [4.78, 5) is 18.8. The smallest absolute Gasteiger partial charge is 0.224 e. The first-order valence-electron chi connectivity index (χ1n) is 12.6. The van der Waals surface area contributed by atoms with Crippen LogP contribution < -0.4 is 15.5 Å². The van der Waals surface area contributed by atoms with Gasteiger partial charge in [0.1, 0.15) is 0 Å². The first-order chi connectivity index (χ1) is 17.0. The summed E-state index contributed by atoms with van der Waals surface area (Å²) < 4.78 is 2.40. The van der Waals surface area contributed by atoms with E-state index in [0.717, 1.165) is 22.6 Å². The van der Waals surface area contributed by atoms with Gasteiger partial charge in [-0.25, -0.2) is 0 Å². The minimum Gasteiger partial charge on any atom is -0.351 e. The maximum atomic E-state index is 11.9. The van der Waals surface area contributed by atoms with Gasteiger partial charge in [0.05, 0.1) is 17.8 Å². The second-order valence-electron chi connectivity index (χ2n) is 9.58. The molecule has 35 heavy (non-hydrogen) atoms. The van der Waals surface area contributed by atoms with Gasteiger partial charge in [-0.3, -0.25) is 9.78 Å². The maximum Gasteiger partial charge on any atom is 0.224 e. The third-order valence-corrected chi connectivity index (χ3v) is 7.57. The Morgan fingerprint density at radius 1 is 1.17 bits per heavy atom. The molecule has 2 fully saturated rings. The van der Waals surface area contributed by atoms with Gasteiger partial charge in [0, 0.05) is 42.4 Å². The Morgan fingerprint density at radius 3 is 2.71 bits per heavy atom. The van der Waals surface area contributed by atoms with Gasteiger partial charge in [-0.15, -0.1) is 0 Å². The average molecular weight is 488 g/mol. The molecule has 1 aromatic carbocycles. The summed E-state index contributed by atoms with van der Waals surface area (Å²) in [5, 5.41) is 7.22. The molecule has 1 saturated carbocycles. The number of hydrogen-bond donors (Lipinski definition) is 2. The molecule has 7 heteroatoms. The topological polar surface area (TPSA) is 62.2 Å². The number of carbonyl (C=O) groups is 1. The zero-order chi connectivity index (χ0) is 24.4. The number of anilines is 2. The molecule has 0 bridgehead atoms. The lowest BCUT2D eigenvalue weighted by molar-refractivity contribution is -0.115. The average Bonchev–Trinajstić information content (AvgIpc) is 3.51. The number of amides is 1. The first-order valence-corrected chi connectivity index (χ1v) is 13.0. The van der Waals surface area contributed by atoms with Crippen molar-refractivity contribution in [2.24, 2.45) is 0 Å². The number of pyridine rings is 1. The third kappa shape index (κ3) is 4.82. The highest BCUT2D eigenvalue weighted by Gasteiger charge is 2.41. The minimum atomic E-state index is -0.0642. The second kappa shape index (κ2) is 10.2. The molecule has 2 aromatic heterocycles. The summed E-state index contributed by atoms with van der Waals surface area (Å²) in [5.41, 5.74) is 5.03.